The number of nitrogens with one attached hydrogen (secondary N) is 1. The van der Waals surface area contributed by atoms with E-state index >= 15 is 0 Å². The fourth-order valence-electron chi connectivity index (χ4n) is 1.14. The van der Waals surface area contributed by atoms with Crippen molar-refractivity contribution in [3.8, 4) is 0 Å². The Balaban J connectivity index is 3.41. The second kappa shape index (κ2) is 8.36. The van der Waals surface area contributed by atoms with Crippen LogP contribution in [0.3, 0.4) is 0 Å². The molecule has 3 heteroatoms. The van der Waals surface area contributed by atoms with Gasteiger partial charge in [-0.25, -0.2) is 0 Å². The van der Waals surface area contributed by atoms with E-state index in [0.29, 0.717) is 12.3 Å². The molecule has 13 heavy (non-hydrogen) atoms. The standard InChI is InChI=1S/C10H20ClNO/c1-3-4-7-10(13)12-9(2)6-5-8-11/h9H,3-8H2,1-2H3,(H,12,13). The molecule has 0 spiro atoms. The predicted molar refractivity (Wildman–Crippen MR) is 57.1 cm³/mol. The van der Waals surface area contributed by atoms with Gasteiger partial charge in [0, 0.05) is 18.3 Å². The third-order valence-electron chi connectivity index (χ3n) is 1.94. The average molecular weight is 206 g/mol. The maximum atomic E-state index is 11.2. The zero-order chi connectivity index (χ0) is 10.1. The normalized spacial score (nSPS) is 12.5. The number of unbranched alkanes of at least 4 members (excludes halogenated alkanes) is 1. The van der Waals surface area contributed by atoms with E-state index < -0.39 is 0 Å². The van der Waals surface area contributed by atoms with Gasteiger partial charge in [0.25, 0.3) is 0 Å². The van der Waals surface area contributed by atoms with Crippen molar-refractivity contribution in [1.29, 1.82) is 0 Å². The third-order valence-corrected chi connectivity index (χ3v) is 2.20. The fraction of sp³-hybridized carbons (Fsp3) is 0.900. The minimum atomic E-state index is 0.170. The first-order valence-corrected chi connectivity index (χ1v) is 5.59. The molecule has 0 fully saturated rings. The van der Waals surface area contributed by atoms with Gasteiger partial charge >= 0.3 is 0 Å². The number of hydrogen-bond donors (Lipinski definition) is 1. The lowest BCUT2D eigenvalue weighted by atomic mass is 10.2. The van der Waals surface area contributed by atoms with Crippen LogP contribution in [0.4, 0.5) is 0 Å². The molecular weight excluding hydrogens is 186 g/mol. The Hall–Kier alpha value is -0.240. The first-order chi connectivity index (χ1) is 6.20. The molecule has 0 aliphatic rings. The highest BCUT2D eigenvalue weighted by Crippen LogP contribution is 2.00. The van der Waals surface area contributed by atoms with Gasteiger partial charge in [-0.1, -0.05) is 13.3 Å². The molecule has 0 aromatic rings. The Morgan fingerprint density at radius 1 is 1.46 bits per heavy atom. The van der Waals surface area contributed by atoms with Crippen LogP contribution in [0.25, 0.3) is 0 Å². The largest absolute Gasteiger partial charge is 0.354 e. The summed E-state index contributed by atoms with van der Waals surface area (Å²) < 4.78 is 0. The molecule has 2 nitrogen and oxygen atoms in total. The SMILES string of the molecule is CCCCC(=O)NC(C)CCCCl. The molecule has 0 saturated heterocycles. The van der Waals surface area contributed by atoms with Gasteiger partial charge in [-0.05, 0) is 26.2 Å². The summed E-state index contributed by atoms with van der Waals surface area (Å²) in [5, 5.41) is 2.95. The molecule has 0 aliphatic carbocycles. The van der Waals surface area contributed by atoms with Gasteiger partial charge in [0.1, 0.15) is 0 Å². The summed E-state index contributed by atoms with van der Waals surface area (Å²) in [6.45, 7) is 4.11. The molecule has 0 saturated carbocycles. The number of halogens is 1. The lowest BCUT2D eigenvalue weighted by molar-refractivity contribution is -0.121. The minimum Gasteiger partial charge on any atom is -0.354 e. The first kappa shape index (κ1) is 12.8. The Labute approximate surface area is 86.0 Å². The molecule has 0 aromatic carbocycles. The van der Waals surface area contributed by atoms with Crippen molar-refractivity contribution in [2.75, 3.05) is 5.88 Å². The van der Waals surface area contributed by atoms with Crippen LogP contribution < -0.4 is 5.32 Å². The van der Waals surface area contributed by atoms with Gasteiger partial charge in [0.05, 0.1) is 0 Å². The Bertz CT molecular complexity index is 139. The van der Waals surface area contributed by atoms with Crippen LogP contribution in [0.5, 0.6) is 0 Å². The lowest BCUT2D eigenvalue weighted by Gasteiger charge is -2.12. The minimum absolute atomic E-state index is 0.170. The zero-order valence-corrected chi connectivity index (χ0v) is 9.36. The zero-order valence-electron chi connectivity index (χ0n) is 8.61. The molecule has 0 radical (unpaired) electrons. The van der Waals surface area contributed by atoms with Crippen molar-refractivity contribution in [3.05, 3.63) is 0 Å². The third kappa shape index (κ3) is 8.10. The van der Waals surface area contributed by atoms with E-state index in [0.717, 1.165) is 25.7 Å². The molecule has 0 aromatic heterocycles. The number of rotatable bonds is 7. The van der Waals surface area contributed by atoms with Crippen molar-refractivity contribution in [2.45, 2.75) is 52.0 Å². The highest BCUT2D eigenvalue weighted by Gasteiger charge is 2.05. The Morgan fingerprint density at radius 2 is 2.15 bits per heavy atom. The second-order valence-corrected chi connectivity index (χ2v) is 3.78. The topological polar surface area (TPSA) is 29.1 Å². The highest BCUT2D eigenvalue weighted by molar-refractivity contribution is 6.17. The van der Waals surface area contributed by atoms with E-state index in [1.807, 2.05) is 6.92 Å². The summed E-state index contributed by atoms with van der Waals surface area (Å²) in [7, 11) is 0. The van der Waals surface area contributed by atoms with Gasteiger partial charge in [-0.2, -0.15) is 0 Å². The summed E-state index contributed by atoms with van der Waals surface area (Å²) in [4.78, 5) is 11.2. The van der Waals surface area contributed by atoms with E-state index in [-0.39, 0.29) is 11.9 Å². The smallest absolute Gasteiger partial charge is 0.220 e. The Morgan fingerprint density at radius 3 is 2.69 bits per heavy atom. The molecule has 1 atom stereocenters. The molecule has 1 amide bonds. The molecule has 0 bridgehead atoms. The lowest BCUT2D eigenvalue weighted by Crippen LogP contribution is -2.32. The first-order valence-electron chi connectivity index (χ1n) is 5.06. The van der Waals surface area contributed by atoms with Crippen molar-refractivity contribution in [2.24, 2.45) is 0 Å². The Kier molecular flexibility index (Phi) is 8.21. The van der Waals surface area contributed by atoms with Crippen LogP contribution >= 0.6 is 11.6 Å². The maximum Gasteiger partial charge on any atom is 0.220 e. The van der Waals surface area contributed by atoms with Crippen molar-refractivity contribution >= 4 is 17.5 Å². The molecular formula is C10H20ClNO. The fourth-order valence-corrected chi connectivity index (χ4v) is 1.29. The number of carbonyl (C=O) groups is 1. The van der Waals surface area contributed by atoms with Crippen LogP contribution in [0.15, 0.2) is 0 Å². The second-order valence-electron chi connectivity index (χ2n) is 3.40. The molecule has 1 unspecified atom stereocenters. The van der Waals surface area contributed by atoms with Crippen molar-refractivity contribution < 1.29 is 4.79 Å². The van der Waals surface area contributed by atoms with Crippen molar-refractivity contribution in [1.82, 2.24) is 5.32 Å². The molecule has 0 heterocycles. The molecule has 78 valence electrons. The predicted octanol–water partition coefficient (Wildman–Crippen LogP) is 2.70. The number of hydrogen-bond acceptors (Lipinski definition) is 1. The van der Waals surface area contributed by atoms with Gasteiger partial charge < -0.3 is 5.32 Å². The summed E-state index contributed by atoms with van der Waals surface area (Å²) in [5.74, 6) is 0.846. The number of alkyl halides is 1. The van der Waals surface area contributed by atoms with Gasteiger partial charge in [-0.15, -0.1) is 11.6 Å². The summed E-state index contributed by atoms with van der Waals surface area (Å²) in [6.07, 6.45) is 4.65. The molecule has 0 aliphatic heterocycles. The maximum absolute atomic E-state index is 11.2. The number of amides is 1. The van der Waals surface area contributed by atoms with Gasteiger partial charge in [0.15, 0.2) is 0 Å². The van der Waals surface area contributed by atoms with Crippen LogP contribution in [0.2, 0.25) is 0 Å². The van der Waals surface area contributed by atoms with E-state index in [1.165, 1.54) is 0 Å². The summed E-state index contributed by atoms with van der Waals surface area (Å²) in [5.41, 5.74) is 0. The van der Waals surface area contributed by atoms with Crippen molar-refractivity contribution in [3.63, 3.8) is 0 Å². The molecule has 0 rings (SSSR count). The van der Waals surface area contributed by atoms with E-state index in [4.69, 9.17) is 11.6 Å². The quantitative estimate of drug-likeness (QED) is 0.637. The van der Waals surface area contributed by atoms with Crippen LogP contribution in [-0.4, -0.2) is 17.8 Å². The molecule has 1 N–H and O–H groups in total. The van der Waals surface area contributed by atoms with Crippen LogP contribution in [0.1, 0.15) is 46.0 Å². The van der Waals surface area contributed by atoms with E-state index in [2.05, 4.69) is 12.2 Å². The van der Waals surface area contributed by atoms with E-state index in [9.17, 15) is 4.79 Å². The summed E-state index contributed by atoms with van der Waals surface area (Å²) in [6, 6.07) is 0.267. The van der Waals surface area contributed by atoms with E-state index in [1.54, 1.807) is 0 Å². The van der Waals surface area contributed by atoms with Crippen LogP contribution in [-0.2, 0) is 4.79 Å². The average Bonchev–Trinajstić information content (AvgIpc) is 2.11. The summed E-state index contributed by atoms with van der Waals surface area (Å²) >= 11 is 5.55. The van der Waals surface area contributed by atoms with Gasteiger partial charge in [0.2, 0.25) is 5.91 Å². The highest BCUT2D eigenvalue weighted by atomic mass is 35.5. The number of carbonyl (C=O) groups excluding carboxylic acids is 1. The van der Waals surface area contributed by atoms with Crippen LogP contribution in [0, 0.1) is 0 Å². The van der Waals surface area contributed by atoms with Gasteiger partial charge in [-0.3, -0.25) is 4.79 Å². The monoisotopic (exact) mass is 205 g/mol.